The van der Waals surface area contributed by atoms with Gasteiger partial charge >= 0.3 is 0 Å². The number of piperidine rings is 2. The Morgan fingerprint density at radius 1 is 1.21 bits per heavy atom. The summed E-state index contributed by atoms with van der Waals surface area (Å²) in [7, 11) is 1.67. The first kappa shape index (κ1) is 19.1. The van der Waals surface area contributed by atoms with E-state index in [1.54, 1.807) is 23.8 Å². The summed E-state index contributed by atoms with van der Waals surface area (Å²) in [4.78, 5) is 33.7. The Morgan fingerprint density at radius 2 is 2.11 bits per heavy atom. The maximum absolute atomic E-state index is 12.4. The molecule has 1 atom stereocenters. The number of ether oxygens (including phenoxy) is 1. The van der Waals surface area contributed by atoms with Gasteiger partial charge in [0.25, 0.3) is 5.56 Å². The van der Waals surface area contributed by atoms with E-state index in [9.17, 15) is 9.59 Å². The van der Waals surface area contributed by atoms with Gasteiger partial charge in [-0.25, -0.2) is 4.98 Å². The molecule has 0 saturated carbocycles. The second-order valence-electron chi connectivity index (χ2n) is 8.14. The van der Waals surface area contributed by atoms with Crippen molar-refractivity contribution >= 4 is 11.6 Å². The van der Waals surface area contributed by atoms with Gasteiger partial charge in [0, 0.05) is 57.4 Å². The summed E-state index contributed by atoms with van der Waals surface area (Å²) >= 11 is 0. The quantitative estimate of drug-likeness (QED) is 0.782. The monoisotopic (exact) mass is 384 g/mol. The van der Waals surface area contributed by atoms with Gasteiger partial charge in [0.15, 0.2) is 0 Å². The molecule has 7 heteroatoms. The van der Waals surface area contributed by atoms with Gasteiger partial charge in [0.05, 0.1) is 12.3 Å². The molecule has 4 rings (SSSR count). The lowest BCUT2D eigenvalue weighted by Crippen LogP contribution is -2.54. The van der Waals surface area contributed by atoms with Gasteiger partial charge in [-0.15, -0.1) is 0 Å². The van der Waals surface area contributed by atoms with Crippen molar-refractivity contribution in [1.29, 1.82) is 0 Å². The smallest absolute Gasteiger partial charge is 0.258 e. The Hall–Kier alpha value is -2.25. The summed E-state index contributed by atoms with van der Waals surface area (Å²) in [6, 6.07) is 7.24. The molecule has 7 nitrogen and oxygen atoms in total. The molecule has 150 valence electrons. The van der Waals surface area contributed by atoms with Crippen molar-refractivity contribution < 1.29 is 9.53 Å². The van der Waals surface area contributed by atoms with Crippen LogP contribution in [-0.4, -0.2) is 65.0 Å². The van der Waals surface area contributed by atoms with E-state index in [0.717, 1.165) is 44.6 Å². The number of carbonyl (C=O) groups is 1. The van der Waals surface area contributed by atoms with Crippen molar-refractivity contribution in [2.24, 2.45) is 5.41 Å². The van der Waals surface area contributed by atoms with Crippen molar-refractivity contribution in [2.45, 2.75) is 32.2 Å². The van der Waals surface area contributed by atoms with E-state index in [0.29, 0.717) is 31.8 Å². The molecule has 4 heterocycles. The fraction of sp³-hybridized carbons (Fsp3) is 0.571. The van der Waals surface area contributed by atoms with E-state index >= 15 is 0 Å². The maximum Gasteiger partial charge on any atom is 0.258 e. The van der Waals surface area contributed by atoms with Crippen molar-refractivity contribution in [3.05, 3.63) is 46.5 Å². The maximum atomic E-state index is 12.4. The molecular weight excluding hydrogens is 356 g/mol. The molecule has 2 fully saturated rings. The van der Waals surface area contributed by atoms with Gasteiger partial charge in [0.1, 0.15) is 5.65 Å². The van der Waals surface area contributed by atoms with Crippen LogP contribution in [0.5, 0.6) is 0 Å². The van der Waals surface area contributed by atoms with E-state index in [2.05, 4.69) is 9.88 Å². The van der Waals surface area contributed by atoms with Crippen LogP contribution in [0.2, 0.25) is 0 Å². The number of hydrogen-bond donors (Lipinski definition) is 0. The van der Waals surface area contributed by atoms with Crippen LogP contribution in [0.15, 0.2) is 35.3 Å². The number of hydrogen-bond acceptors (Lipinski definition) is 5. The van der Waals surface area contributed by atoms with E-state index in [4.69, 9.17) is 4.74 Å². The molecule has 28 heavy (non-hydrogen) atoms. The molecule has 2 aromatic rings. The van der Waals surface area contributed by atoms with Gasteiger partial charge in [-0.1, -0.05) is 6.07 Å². The Labute approximate surface area is 164 Å². The van der Waals surface area contributed by atoms with Crippen LogP contribution in [0.4, 0.5) is 0 Å². The Kier molecular flexibility index (Phi) is 5.46. The summed E-state index contributed by atoms with van der Waals surface area (Å²) < 4.78 is 6.74. The minimum absolute atomic E-state index is 0.0404. The number of pyridine rings is 1. The van der Waals surface area contributed by atoms with Gasteiger partial charge in [-0.3, -0.25) is 18.9 Å². The second kappa shape index (κ2) is 8.01. The van der Waals surface area contributed by atoms with Crippen LogP contribution in [-0.2, 0) is 16.1 Å². The summed E-state index contributed by atoms with van der Waals surface area (Å²) in [6.45, 7) is 4.67. The molecule has 0 aromatic carbocycles. The summed E-state index contributed by atoms with van der Waals surface area (Å²) in [5, 5.41) is 0. The van der Waals surface area contributed by atoms with E-state index < -0.39 is 0 Å². The van der Waals surface area contributed by atoms with Gasteiger partial charge in [0.2, 0.25) is 5.91 Å². The molecule has 1 amide bonds. The molecule has 0 aliphatic carbocycles. The Balaban J connectivity index is 1.48. The van der Waals surface area contributed by atoms with Gasteiger partial charge < -0.3 is 9.64 Å². The molecule has 2 aromatic heterocycles. The lowest BCUT2D eigenvalue weighted by molar-refractivity contribution is -0.140. The lowest BCUT2D eigenvalue weighted by atomic mass is 9.73. The molecular formula is C21H28N4O3. The second-order valence-corrected chi connectivity index (χ2v) is 8.14. The third-order valence-corrected chi connectivity index (χ3v) is 6.06. The van der Waals surface area contributed by atoms with Crippen LogP contribution in [0, 0.1) is 5.41 Å². The van der Waals surface area contributed by atoms with E-state index in [1.165, 1.54) is 0 Å². The minimum atomic E-state index is -0.0404. The summed E-state index contributed by atoms with van der Waals surface area (Å²) in [5.41, 5.74) is 1.61. The third kappa shape index (κ3) is 3.95. The van der Waals surface area contributed by atoms with Gasteiger partial charge in [-0.2, -0.15) is 0 Å². The first-order chi connectivity index (χ1) is 13.6. The first-order valence-electron chi connectivity index (χ1n) is 10.0. The Morgan fingerprint density at radius 3 is 2.96 bits per heavy atom. The first-order valence-corrected chi connectivity index (χ1v) is 10.0. The molecule has 2 aliphatic heterocycles. The number of methoxy groups -OCH3 is 1. The molecule has 0 N–H and O–H groups in total. The molecule has 0 bridgehead atoms. The molecule has 0 radical (unpaired) electrons. The average Bonchev–Trinajstić information content (AvgIpc) is 2.69. The molecule has 1 spiro atoms. The highest BCUT2D eigenvalue weighted by Gasteiger charge is 2.41. The van der Waals surface area contributed by atoms with Crippen molar-refractivity contribution in [2.75, 3.05) is 39.9 Å². The van der Waals surface area contributed by atoms with E-state index in [1.807, 2.05) is 23.1 Å². The highest BCUT2D eigenvalue weighted by Crippen LogP contribution is 2.39. The lowest BCUT2D eigenvalue weighted by Gasteiger charge is -2.48. The number of nitrogens with zero attached hydrogens (tertiary/aromatic N) is 4. The summed E-state index contributed by atoms with van der Waals surface area (Å²) in [6.07, 6.45) is 5.57. The highest BCUT2D eigenvalue weighted by atomic mass is 16.5. The number of likely N-dealkylation sites (tertiary alicyclic amines) is 2. The molecule has 2 aliphatic rings. The average molecular weight is 384 g/mol. The number of rotatable bonds is 5. The number of fused-ring (bicyclic) bond motifs is 1. The number of amides is 1. The number of aromatic nitrogens is 2. The zero-order valence-corrected chi connectivity index (χ0v) is 16.5. The van der Waals surface area contributed by atoms with Crippen molar-refractivity contribution in [3.8, 4) is 0 Å². The largest absolute Gasteiger partial charge is 0.383 e. The van der Waals surface area contributed by atoms with Crippen LogP contribution < -0.4 is 5.56 Å². The third-order valence-electron chi connectivity index (χ3n) is 6.06. The predicted octanol–water partition coefficient (Wildman–Crippen LogP) is 1.55. The van der Waals surface area contributed by atoms with Crippen molar-refractivity contribution in [1.82, 2.24) is 19.2 Å². The molecule has 2 saturated heterocycles. The highest BCUT2D eigenvalue weighted by molar-refractivity contribution is 5.77. The standard InChI is InChI=1S/C21H28N4O3/c1-28-12-11-24-16-21(8-6-19(24)26)7-4-9-23(15-21)14-17-13-20(27)25-10-3-2-5-18(25)22-17/h2-3,5,10,13H,4,6-9,11-12,14-16H2,1H3. The zero-order chi connectivity index (χ0) is 19.6. The normalized spacial score (nSPS) is 23.6. The van der Waals surface area contributed by atoms with Gasteiger partial charge in [-0.05, 0) is 37.9 Å². The summed E-state index contributed by atoms with van der Waals surface area (Å²) in [5.74, 6) is 0.240. The van der Waals surface area contributed by atoms with Crippen LogP contribution in [0.1, 0.15) is 31.4 Å². The molecule has 1 unspecified atom stereocenters. The van der Waals surface area contributed by atoms with E-state index in [-0.39, 0.29) is 16.9 Å². The SMILES string of the molecule is COCCN1CC2(CCCN(Cc3cc(=O)n4ccccc4n3)C2)CCC1=O. The minimum Gasteiger partial charge on any atom is -0.383 e. The van der Waals surface area contributed by atoms with Crippen LogP contribution in [0.3, 0.4) is 0 Å². The number of carbonyl (C=O) groups excluding carboxylic acids is 1. The fourth-order valence-corrected chi connectivity index (χ4v) is 4.70. The topological polar surface area (TPSA) is 67.2 Å². The van der Waals surface area contributed by atoms with Crippen molar-refractivity contribution in [3.63, 3.8) is 0 Å². The fourth-order valence-electron chi connectivity index (χ4n) is 4.70. The Bertz CT molecular complexity index is 912. The zero-order valence-electron chi connectivity index (χ0n) is 16.5. The van der Waals surface area contributed by atoms with Crippen LogP contribution in [0.25, 0.3) is 5.65 Å². The predicted molar refractivity (Wildman–Crippen MR) is 106 cm³/mol. The van der Waals surface area contributed by atoms with Crippen LogP contribution >= 0.6 is 0 Å².